The molecular weight excluding hydrogens is 480 g/mol. The number of carbonyl (C=O) groups is 2. The summed E-state index contributed by atoms with van der Waals surface area (Å²) in [6.07, 6.45) is 13.0. The number of benzene rings is 2. The Balaban J connectivity index is 1.81. The van der Waals surface area contributed by atoms with Gasteiger partial charge in [0, 0.05) is 37.1 Å². The molecule has 0 spiro atoms. The van der Waals surface area contributed by atoms with Crippen LogP contribution in [-0.4, -0.2) is 41.7 Å². The van der Waals surface area contributed by atoms with E-state index in [0.717, 1.165) is 25.4 Å². The van der Waals surface area contributed by atoms with Gasteiger partial charge in [-0.25, -0.2) is 4.79 Å². The van der Waals surface area contributed by atoms with Gasteiger partial charge >= 0.3 is 5.91 Å². The number of rotatable bonds is 9. The molecular formula is C31H36NO2P2+. The highest BCUT2D eigenvalue weighted by Crippen LogP contribution is 2.65. The molecule has 186 valence electrons. The van der Waals surface area contributed by atoms with Gasteiger partial charge in [0.1, 0.15) is 18.6 Å². The van der Waals surface area contributed by atoms with E-state index in [-0.39, 0.29) is 6.04 Å². The number of hydrogen-bond donors (Lipinski definition) is 0. The summed E-state index contributed by atoms with van der Waals surface area (Å²) >= 11 is 0. The van der Waals surface area contributed by atoms with Crippen molar-refractivity contribution in [2.75, 3.05) is 13.3 Å². The quantitative estimate of drug-likeness (QED) is 0.163. The minimum absolute atomic E-state index is 0.159. The number of carbonyl (C=O) groups excluding carboxylic acids is 2. The lowest BCUT2D eigenvalue weighted by Crippen LogP contribution is -2.54. The van der Waals surface area contributed by atoms with Crippen LogP contribution in [0.4, 0.5) is 0 Å². The van der Waals surface area contributed by atoms with Crippen LogP contribution in [-0.2, 0) is 9.59 Å². The zero-order valence-corrected chi connectivity index (χ0v) is 23.3. The lowest BCUT2D eigenvalue weighted by molar-refractivity contribution is -0.843. The van der Waals surface area contributed by atoms with E-state index in [2.05, 4.69) is 106 Å². The number of quaternary nitrogens is 1. The van der Waals surface area contributed by atoms with Crippen LogP contribution >= 0.6 is 15.8 Å². The molecule has 1 fully saturated rings. The van der Waals surface area contributed by atoms with Crippen molar-refractivity contribution in [3.63, 3.8) is 0 Å². The number of allylic oxidation sites excluding steroid dienone is 5. The Morgan fingerprint density at radius 3 is 2.31 bits per heavy atom. The third kappa shape index (κ3) is 5.46. The third-order valence-corrected chi connectivity index (χ3v) is 13.1. The van der Waals surface area contributed by atoms with Gasteiger partial charge in [-0.15, -0.1) is 5.73 Å². The van der Waals surface area contributed by atoms with Crippen LogP contribution in [0.15, 0.2) is 101 Å². The normalized spacial score (nSPS) is 25.4. The molecule has 4 atom stereocenters. The van der Waals surface area contributed by atoms with Gasteiger partial charge in [-0.1, -0.05) is 92.7 Å². The Bertz CT molecular complexity index is 1160. The zero-order valence-electron chi connectivity index (χ0n) is 21.5. The first-order valence-electron chi connectivity index (χ1n) is 12.8. The van der Waals surface area contributed by atoms with Crippen LogP contribution in [0.25, 0.3) is 0 Å². The molecule has 3 nitrogen and oxygen atoms in total. The first-order valence-corrected chi connectivity index (χ1v) is 15.8. The van der Waals surface area contributed by atoms with Crippen LogP contribution in [0.5, 0.6) is 0 Å². The highest BCUT2D eigenvalue weighted by Gasteiger charge is 2.54. The molecule has 3 unspecified atom stereocenters. The van der Waals surface area contributed by atoms with E-state index in [1.54, 1.807) is 0 Å². The molecule has 1 amide bonds. The fraction of sp³-hybridized carbons (Fsp3) is 0.323. The van der Waals surface area contributed by atoms with Crippen LogP contribution in [0.3, 0.4) is 0 Å². The van der Waals surface area contributed by atoms with Crippen molar-refractivity contribution >= 4 is 38.6 Å². The van der Waals surface area contributed by atoms with Gasteiger partial charge in [0.15, 0.2) is 0 Å². The second kappa shape index (κ2) is 12.2. The Labute approximate surface area is 218 Å². The summed E-state index contributed by atoms with van der Waals surface area (Å²) in [5.41, 5.74) is 4.03. The summed E-state index contributed by atoms with van der Waals surface area (Å²) in [6.45, 7) is 4.38. The first-order chi connectivity index (χ1) is 17.5. The predicted molar refractivity (Wildman–Crippen MR) is 154 cm³/mol. The Morgan fingerprint density at radius 2 is 1.72 bits per heavy atom. The molecule has 2 aliphatic rings. The zero-order chi connectivity index (χ0) is 25.5. The second-order valence-corrected chi connectivity index (χ2v) is 14.3. The lowest BCUT2D eigenvalue weighted by Gasteiger charge is -2.34. The molecule has 4 rings (SSSR count). The van der Waals surface area contributed by atoms with Crippen LogP contribution < -0.4 is 10.6 Å². The summed E-state index contributed by atoms with van der Waals surface area (Å²) in [7, 11) is 0.674. The fourth-order valence-corrected chi connectivity index (χ4v) is 11.7. The minimum atomic E-state index is -0.780. The Hall–Kier alpha value is -2.40. The van der Waals surface area contributed by atoms with Crippen molar-refractivity contribution in [2.45, 2.75) is 51.2 Å². The largest absolute Gasteiger partial charge is 0.314 e. The van der Waals surface area contributed by atoms with Gasteiger partial charge in [0.25, 0.3) is 0 Å². The van der Waals surface area contributed by atoms with E-state index in [0.29, 0.717) is 28.9 Å². The Kier molecular flexibility index (Phi) is 9.05. The highest BCUT2D eigenvalue weighted by atomic mass is 31.1. The van der Waals surface area contributed by atoms with Gasteiger partial charge in [-0.3, -0.25) is 4.48 Å². The van der Waals surface area contributed by atoms with E-state index < -0.39 is 15.8 Å². The van der Waals surface area contributed by atoms with Crippen molar-refractivity contribution in [3.05, 3.63) is 101 Å². The molecule has 5 heteroatoms. The molecule has 1 aliphatic heterocycles. The second-order valence-electron chi connectivity index (χ2n) is 9.68. The molecule has 1 heterocycles. The third-order valence-electron chi connectivity index (χ3n) is 7.32. The number of nitrogens with zero attached hydrogens (tertiary/aromatic N) is 1. The summed E-state index contributed by atoms with van der Waals surface area (Å²) in [4.78, 5) is 24.8. The maximum Gasteiger partial charge on any atom is 0.314 e. The van der Waals surface area contributed by atoms with Crippen LogP contribution in [0.2, 0.25) is 0 Å². The summed E-state index contributed by atoms with van der Waals surface area (Å²) < 4.78 is 0.440. The van der Waals surface area contributed by atoms with Gasteiger partial charge in [-0.2, -0.15) is 0 Å². The van der Waals surface area contributed by atoms with Crippen LogP contribution in [0, 0.1) is 0 Å². The number of amides is 1. The van der Waals surface area contributed by atoms with E-state index in [9.17, 15) is 9.59 Å². The van der Waals surface area contributed by atoms with Crippen molar-refractivity contribution < 1.29 is 14.1 Å². The summed E-state index contributed by atoms with van der Waals surface area (Å²) in [5.74, 6) is 0.306. The molecule has 1 aliphatic carbocycles. The summed E-state index contributed by atoms with van der Waals surface area (Å²) in [5, 5.41) is 5.25. The SMILES string of the molecule is CCCC(=O)[N+]1(C)CP(C2=C=CC=CC=C2P(c2ccccc2)c2ccccc2)C(C)[C@@H]1CCC=O. The Morgan fingerprint density at radius 1 is 1.08 bits per heavy atom. The maximum atomic E-state index is 13.5. The smallest absolute Gasteiger partial charge is 0.303 e. The van der Waals surface area contributed by atoms with Crippen LogP contribution in [0.1, 0.15) is 39.5 Å². The molecule has 0 radical (unpaired) electrons. The first kappa shape index (κ1) is 26.7. The van der Waals surface area contributed by atoms with Crippen molar-refractivity contribution in [3.8, 4) is 0 Å². The van der Waals surface area contributed by atoms with Gasteiger partial charge in [0.2, 0.25) is 0 Å². The molecule has 0 bridgehead atoms. The molecule has 0 saturated carbocycles. The number of hydrogen-bond acceptors (Lipinski definition) is 2. The van der Waals surface area contributed by atoms with Crippen molar-refractivity contribution in [1.29, 1.82) is 0 Å². The molecule has 0 aromatic heterocycles. The standard InChI is InChI=1S/C31H36NO2P2/c1-4-15-31(34)32(3)24-35(25(2)28(32)20-14-23-33)29-21-12-7-13-22-30(29)36(26-16-8-5-9-17-26)27-18-10-6-11-19-27/h5-13,16-19,22-23,25,28H,4,14-15,20,24H2,1-3H3/q+1/t25?,28-,32?,35?/m0/s1. The van der Waals surface area contributed by atoms with E-state index in [1.165, 1.54) is 21.2 Å². The molecule has 0 N–H and O–H groups in total. The topological polar surface area (TPSA) is 34.1 Å². The van der Waals surface area contributed by atoms with E-state index in [4.69, 9.17) is 0 Å². The summed E-state index contributed by atoms with van der Waals surface area (Å²) in [6, 6.07) is 21.7. The fourth-order valence-electron chi connectivity index (χ4n) is 5.48. The van der Waals surface area contributed by atoms with E-state index >= 15 is 0 Å². The minimum Gasteiger partial charge on any atom is -0.303 e. The van der Waals surface area contributed by atoms with Gasteiger partial charge in [-0.05, 0) is 31.0 Å². The molecule has 2 aromatic rings. The lowest BCUT2D eigenvalue weighted by atomic mass is 10.0. The highest BCUT2D eigenvalue weighted by molar-refractivity contribution is 7.78. The average Bonchev–Trinajstić information content (AvgIpc) is 3.03. The monoisotopic (exact) mass is 516 g/mol. The number of aldehydes is 1. The maximum absolute atomic E-state index is 13.5. The molecule has 36 heavy (non-hydrogen) atoms. The average molecular weight is 517 g/mol. The molecule has 1 saturated heterocycles. The predicted octanol–water partition coefficient (Wildman–Crippen LogP) is 6.57. The van der Waals surface area contributed by atoms with E-state index in [1.807, 2.05) is 6.08 Å². The van der Waals surface area contributed by atoms with Crippen molar-refractivity contribution in [1.82, 2.24) is 0 Å². The van der Waals surface area contributed by atoms with Gasteiger partial charge < -0.3 is 4.79 Å². The van der Waals surface area contributed by atoms with Crippen molar-refractivity contribution in [2.24, 2.45) is 0 Å². The molecule has 2 aromatic carbocycles. The van der Waals surface area contributed by atoms with Gasteiger partial charge in [0.05, 0.1) is 13.5 Å².